The van der Waals surface area contributed by atoms with Crippen molar-refractivity contribution < 1.29 is 19.1 Å². The van der Waals surface area contributed by atoms with Gasteiger partial charge in [-0.2, -0.15) is 0 Å². The highest BCUT2D eigenvalue weighted by Crippen LogP contribution is 2.26. The number of alkyl carbamates (subject to hydrolysis) is 1. The predicted molar refractivity (Wildman–Crippen MR) is 120 cm³/mol. The van der Waals surface area contributed by atoms with Crippen molar-refractivity contribution in [1.29, 1.82) is 0 Å². The molecule has 2 heterocycles. The van der Waals surface area contributed by atoms with Gasteiger partial charge in [0.2, 0.25) is 0 Å². The summed E-state index contributed by atoms with van der Waals surface area (Å²) in [4.78, 5) is 32.9. The Morgan fingerprint density at radius 1 is 1.19 bits per heavy atom. The third kappa shape index (κ3) is 6.56. The number of imidazole rings is 1. The summed E-state index contributed by atoms with van der Waals surface area (Å²) in [6.07, 6.45) is 6.82. The van der Waals surface area contributed by atoms with Gasteiger partial charge in [0.05, 0.1) is 6.61 Å². The van der Waals surface area contributed by atoms with Crippen molar-refractivity contribution in [2.45, 2.75) is 65.0 Å². The molecule has 1 aliphatic carbocycles. The lowest BCUT2D eigenvalue weighted by atomic mass is 9.86. The van der Waals surface area contributed by atoms with Crippen LogP contribution >= 0.6 is 15.9 Å². The molecule has 10 heteroatoms. The monoisotopic (exact) mass is 495 g/mol. The molecular formula is C21H30BrN5O4. The Kier molecular flexibility index (Phi) is 7.40. The third-order valence-electron chi connectivity index (χ3n) is 5.02. The smallest absolute Gasteiger partial charge is 0.407 e. The van der Waals surface area contributed by atoms with Crippen molar-refractivity contribution in [3.05, 3.63) is 22.7 Å². The quantitative estimate of drug-likeness (QED) is 0.579. The van der Waals surface area contributed by atoms with Crippen molar-refractivity contribution in [3.63, 3.8) is 0 Å². The molecule has 31 heavy (non-hydrogen) atoms. The molecule has 0 spiro atoms. The number of ether oxygens (including phenoxy) is 2. The van der Waals surface area contributed by atoms with Crippen molar-refractivity contribution >= 4 is 39.5 Å². The average Bonchev–Trinajstić information content (AvgIpc) is 3.10. The zero-order chi connectivity index (χ0) is 22.6. The van der Waals surface area contributed by atoms with Gasteiger partial charge in [0, 0.05) is 25.0 Å². The van der Waals surface area contributed by atoms with Gasteiger partial charge in [0.15, 0.2) is 17.2 Å². The second kappa shape index (κ2) is 9.84. The minimum atomic E-state index is -0.493. The molecule has 0 aliphatic heterocycles. The second-order valence-electron chi connectivity index (χ2n) is 8.73. The molecule has 1 amide bonds. The Labute approximate surface area is 190 Å². The first-order valence-electron chi connectivity index (χ1n) is 10.6. The maximum absolute atomic E-state index is 12.0. The lowest BCUT2D eigenvalue weighted by molar-refractivity contribution is 0.0485. The molecule has 0 saturated heterocycles. The van der Waals surface area contributed by atoms with E-state index in [1.165, 1.54) is 0 Å². The van der Waals surface area contributed by atoms with E-state index in [1.54, 1.807) is 23.7 Å². The van der Waals surface area contributed by atoms with Gasteiger partial charge in [0.25, 0.3) is 0 Å². The number of nitrogens with zero attached hydrogens (tertiary/aromatic N) is 3. The van der Waals surface area contributed by atoms with Gasteiger partial charge >= 0.3 is 12.1 Å². The largest absolute Gasteiger partial charge is 0.461 e. The van der Waals surface area contributed by atoms with Gasteiger partial charge in [-0.05, 0) is 75.2 Å². The van der Waals surface area contributed by atoms with E-state index in [0.717, 1.165) is 32.2 Å². The molecule has 0 aromatic carbocycles. The van der Waals surface area contributed by atoms with Crippen LogP contribution in [0.2, 0.25) is 0 Å². The number of esters is 1. The van der Waals surface area contributed by atoms with Crippen molar-refractivity contribution in [2.75, 3.05) is 18.5 Å². The molecular weight excluding hydrogens is 466 g/mol. The summed E-state index contributed by atoms with van der Waals surface area (Å²) < 4.78 is 12.8. The van der Waals surface area contributed by atoms with Gasteiger partial charge in [-0.15, -0.1) is 0 Å². The highest BCUT2D eigenvalue weighted by Gasteiger charge is 2.25. The number of carbonyl (C=O) groups is 2. The summed E-state index contributed by atoms with van der Waals surface area (Å²) in [6.45, 7) is 8.37. The van der Waals surface area contributed by atoms with E-state index in [1.807, 2.05) is 20.8 Å². The summed E-state index contributed by atoms with van der Waals surface area (Å²) >= 11 is 3.41. The van der Waals surface area contributed by atoms with Crippen LogP contribution in [0.4, 0.5) is 10.6 Å². The SMILES string of the molecule is CCOC(=O)c1cn2cc(Br)nc(NCC3CCC(NC(=O)OC(C)(C)C)CC3)c2n1. The number of anilines is 1. The van der Waals surface area contributed by atoms with Crippen LogP contribution in [0.5, 0.6) is 0 Å². The third-order valence-corrected chi connectivity index (χ3v) is 5.40. The molecule has 2 aromatic heterocycles. The average molecular weight is 496 g/mol. The number of carbonyl (C=O) groups excluding carboxylic acids is 2. The van der Waals surface area contributed by atoms with E-state index in [2.05, 4.69) is 36.5 Å². The summed E-state index contributed by atoms with van der Waals surface area (Å²) in [5.74, 6) is 0.611. The van der Waals surface area contributed by atoms with Crippen LogP contribution in [0.15, 0.2) is 17.0 Å². The summed E-state index contributed by atoms with van der Waals surface area (Å²) in [5, 5.41) is 6.35. The number of aromatic nitrogens is 3. The number of fused-ring (bicyclic) bond motifs is 1. The molecule has 1 fully saturated rings. The first-order chi connectivity index (χ1) is 14.6. The van der Waals surface area contributed by atoms with Gasteiger partial charge in [-0.25, -0.2) is 19.6 Å². The number of rotatable bonds is 6. The predicted octanol–water partition coefficient (Wildman–Crippen LogP) is 4.16. The Morgan fingerprint density at radius 3 is 2.55 bits per heavy atom. The fraction of sp³-hybridized carbons (Fsp3) is 0.619. The van der Waals surface area contributed by atoms with Gasteiger partial charge in [-0.1, -0.05) is 0 Å². The van der Waals surface area contributed by atoms with Crippen LogP contribution < -0.4 is 10.6 Å². The molecule has 9 nitrogen and oxygen atoms in total. The van der Waals surface area contributed by atoms with E-state index < -0.39 is 11.6 Å². The van der Waals surface area contributed by atoms with Gasteiger partial charge < -0.3 is 24.5 Å². The molecule has 2 N–H and O–H groups in total. The second-order valence-corrected chi connectivity index (χ2v) is 9.55. The van der Waals surface area contributed by atoms with Crippen LogP contribution in [0.3, 0.4) is 0 Å². The Morgan fingerprint density at radius 2 is 1.90 bits per heavy atom. The fourth-order valence-electron chi connectivity index (χ4n) is 3.62. The molecule has 0 radical (unpaired) electrons. The van der Waals surface area contributed by atoms with Crippen LogP contribution in [-0.2, 0) is 9.47 Å². The molecule has 0 atom stereocenters. The van der Waals surface area contributed by atoms with E-state index in [-0.39, 0.29) is 17.8 Å². The van der Waals surface area contributed by atoms with Crippen molar-refractivity contribution in [1.82, 2.24) is 19.7 Å². The molecule has 170 valence electrons. The highest BCUT2D eigenvalue weighted by atomic mass is 79.9. The van der Waals surface area contributed by atoms with Crippen molar-refractivity contribution in [2.24, 2.45) is 5.92 Å². The van der Waals surface area contributed by atoms with Gasteiger partial charge in [0.1, 0.15) is 10.2 Å². The standard InChI is InChI=1S/C21H30BrN5O4/c1-5-30-19(28)15-11-27-12-16(22)26-17(18(27)25-15)23-10-13-6-8-14(9-7-13)24-20(29)31-21(2,3)4/h11-14H,5-10H2,1-4H3,(H,23,26)(H,24,29). The summed E-state index contributed by atoms with van der Waals surface area (Å²) in [7, 11) is 0. The van der Waals surface area contributed by atoms with Crippen LogP contribution in [-0.4, -0.2) is 51.2 Å². The maximum atomic E-state index is 12.0. The minimum absolute atomic E-state index is 0.140. The number of halogens is 1. The lowest BCUT2D eigenvalue weighted by Gasteiger charge is -2.30. The summed E-state index contributed by atoms with van der Waals surface area (Å²) in [5.41, 5.74) is 0.332. The van der Waals surface area contributed by atoms with Gasteiger partial charge in [-0.3, -0.25) is 0 Å². The van der Waals surface area contributed by atoms with E-state index >= 15 is 0 Å². The van der Waals surface area contributed by atoms with E-state index in [9.17, 15) is 9.59 Å². The molecule has 0 unspecified atom stereocenters. The first kappa shape index (κ1) is 23.3. The minimum Gasteiger partial charge on any atom is -0.461 e. The highest BCUT2D eigenvalue weighted by molar-refractivity contribution is 9.10. The Bertz CT molecular complexity index is 932. The van der Waals surface area contributed by atoms with E-state index in [4.69, 9.17) is 9.47 Å². The lowest BCUT2D eigenvalue weighted by Crippen LogP contribution is -2.41. The zero-order valence-corrected chi connectivity index (χ0v) is 20.0. The van der Waals surface area contributed by atoms with Crippen LogP contribution in [0, 0.1) is 5.92 Å². The van der Waals surface area contributed by atoms with E-state index in [0.29, 0.717) is 28.6 Å². The van der Waals surface area contributed by atoms with Crippen molar-refractivity contribution in [3.8, 4) is 0 Å². The number of amides is 1. The Hall–Kier alpha value is -2.36. The Balaban J connectivity index is 1.56. The van der Waals surface area contributed by atoms with Crippen LogP contribution in [0.25, 0.3) is 5.65 Å². The first-order valence-corrected chi connectivity index (χ1v) is 11.4. The molecule has 1 aliphatic rings. The zero-order valence-electron chi connectivity index (χ0n) is 18.4. The van der Waals surface area contributed by atoms with Crippen LogP contribution in [0.1, 0.15) is 63.9 Å². The fourth-order valence-corrected chi connectivity index (χ4v) is 4.01. The normalized spacial score (nSPS) is 19.1. The number of hydrogen-bond acceptors (Lipinski definition) is 7. The molecule has 2 aromatic rings. The molecule has 0 bridgehead atoms. The maximum Gasteiger partial charge on any atom is 0.407 e. The topological polar surface area (TPSA) is 107 Å². The molecule has 3 rings (SSSR count). The molecule has 1 saturated carbocycles. The number of nitrogens with one attached hydrogen (secondary N) is 2. The summed E-state index contributed by atoms with van der Waals surface area (Å²) in [6, 6.07) is 0.140. The number of hydrogen-bond donors (Lipinski definition) is 2.